The molecule has 0 aromatic heterocycles. The topological polar surface area (TPSA) is 114 Å². The first-order chi connectivity index (χ1) is 9.35. The molecule has 7 heteroatoms. The molecule has 0 saturated heterocycles. The highest BCUT2D eigenvalue weighted by molar-refractivity contribution is 5.93. The molecule has 1 aromatic rings. The summed E-state index contributed by atoms with van der Waals surface area (Å²) in [5.41, 5.74) is 0.0309. The Morgan fingerprint density at radius 2 is 2.15 bits per heavy atom. The molecule has 0 heterocycles. The number of carboxylic acid groups (broad SMARTS) is 1. The average Bonchev–Trinajstić information content (AvgIpc) is 2.40. The van der Waals surface area contributed by atoms with Crippen molar-refractivity contribution in [1.82, 2.24) is 4.90 Å². The number of anilines is 1. The van der Waals surface area contributed by atoms with Crippen molar-refractivity contribution >= 4 is 17.7 Å². The van der Waals surface area contributed by atoms with Crippen molar-refractivity contribution in [2.75, 3.05) is 18.9 Å². The van der Waals surface area contributed by atoms with Crippen LogP contribution in [-0.4, -0.2) is 40.7 Å². The Kier molecular flexibility index (Phi) is 4.92. The third-order valence-corrected chi connectivity index (χ3v) is 2.60. The molecule has 0 fully saturated rings. The summed E-state index contributed by atoms with van der Waals surface area (Å²) < 4.78 is 0. The summed E-state index contributed by atoms with van der Waals surface area (Å²) in [5.74, 6) is -1.81. The highest BCUT2D eigenvalue weighted by Gasteiger charge is 2.14. The Morgan fingerprint density at radius 3 is 2.65 bits per heavy atom. The molecule has 0 aliphatic rings. The number of nitrogens with one attached hydrogen (secondary N) is 1. The fraction of sp³-hybridized carbons (Fsp3) is 0.308. The van der Waals surface area contributed by atoms with E-state index in [-0.39, 0.29) is 29.5 Å². The second-order valence-electron chi connectivity index (χ2n) is 4.38. The standard InChI is InChI=1S/C13H15N3O4/c1-8(6-14)7-16(2)13(20)15-10-4-3-9(12(18)19)5-11(10)17/h3-5,8,17H,7H2,1-2H3,(H,15,20)(H,18,19). The quantitative estimate of drug-likeness (QED) is 0.725. The van der Waals surface area contributed by atoms with Gasteiger partial charge in [-0.15, -0.1) is 0 Å². The number of hydrogen-bond acceptors (Lipinski definition) is 4. The number of amides is 2. The maximum atomic E-state index is 11.8. The van der Waals surface area contributed by atoms with Crippen molar-refractivity contribution in [1.29, 1.82) is 5.26 Å². The molecular formula is C13H15N3O4. The lowest BCUT2D eigenvalue weighted by atomic mass is 10.2. The molecule has 1 rings (SSSR count). The summed E-state index contributed by atoms with van der Waals surface area (Å²) in [6.45, 7) is 1.93. The van der Waals surface area contributed by atoms with E-state index in [4.69, 9.17) is 10.4 Å². The number of carbonyl (C=O) groups excluding carboxylic acids is 1. The van der Waals surface area contributed by atoms with Crippen LogP contribution in [-0.2, 0) is 0 Å². The van der Waals surface area contributed by atoms with Gasteiger partial charge in [0.05, 0.1) is 23.2 Å². The molecule has 0 bridgehead atoms. The third-order valence-electron chi connectivity index (χ3n) is 2.60. The van der Waals surface area contributed by atoms with E-state index in [1.54, 1.807) is 6.92 Å². The minimum absolute atomic E-state index is 0.0769. The van der Waals surface area contributed by atoms with Crippen molar-refractivity contribution in [3.05, 3.63) is 23.8 Å². The Hall–Kier alpha value is -2.75. The highest BCUT2D eigenvalue weighted by atomic mass is 16.4. The number of aromatic hydroxyl groups is 1. The second-order valence-corrected chi connectivity index (χ2v) is 4.38. The number of rotatable bonds is 4. The molecular weight excluding hydrogens is 262 g/mol. The smallest absolute Gasteiger partial charge is 0.335 e. The number of benzene rings is 1. The molecule has 3 N–H and O–H groups in total. The van der Waals surface area contributed by atoms with E-state index in [0.717, 1.165) is 6.07 Å². The summed E-state index contributed by atoms with van der Waals surface area (Å²) in [6, 6.07) is 5.14. The van der Waals surface area contributed by atoms with Gasteiger partial charge in [-0.1, -0.05) is 0 Å². The van der Waals surface area contributed by atoms with Crippen molar-refractivity contribution in [2.45, 2.75) is 6.92 Å². The number of nitriles is 1. The van der Waals surface area contributed by atoms with Crippen LogP contribution >= 0.6 is 0 Å². The number of nitrogens with zero attached hydrogens (tertiary/aromatic N) is 2. The molecule has 0 saturated carbocycles. The van der Waals surface area contributed by atoms with E-state index in [2.05, 4.69) is 5.32 Å². The molecule has 0 radical (unpaired) electrons. The van der Waals surface area contributed by atoms with Gasteiger partial charge >= 0.3 is 12.0 Å². The lowest BCUT2D eigenvalue weighted by Crippen LogP contribution is -2.34. The van der Waals surface area contributed by atoms with E-state index < -0.39 is 12.0 Å². The van der Waals surface area contributed by atoms with Crippen LogP contribution in [0.25, 0.3) is 0 Å². The molecule has 2 amide bonds. The van der Waals surface area contributed by atoms with Crippen LogP contribution in [0.15, 0.2) is 18.2 Å². The predicted octanol–water partition coefficient (Wildman–Crippen LogP) is 1.71. The third kappa shape index (κ3) is 3.88. The summed E-state index contributed by atoms with van der Waals surface area (Å²) in [4.78, 5) is 23.8. The first-order valence-electron chi connectivity index (χ1n) is 5.83. The van der Waals surface area contributed by atoms with Gasteiger partial charge in [0.2, 0.25) is 0 Å². The van der Waals surface area contributed by atoms with E-state index in [1.165, 1.54) is 24.1 Å². The first-order valence-corrected chi connectivity index (χ1v) is 5.83. The van der Waals surface area contributed by atoms with Crippen LogP contribution in [0.1, 0.15) is 17.3 Å². The van der Waals surface area contributed by atoms with E-state index in [1.807, 2.05) is 6.07 Å². The van der Waals surface area contributed by atoms with E-state index in [0.29, 0.717) is 0 Å². The van der Waals surface area contributed by atoms with Crippen LogP contribution < -0.4 is 5.32 Å². The summed E-state index contributed by atoms with van der Waals surface area (Å²) in [5, 5.41) is 29.5. The molecule has 0 spiro atoms. The Balaban J connectivity index is 2.76. The normalized spacial score (nSPS) is 11.2. The lowest BCUT2D eigenvalue weighted by molar-refractivity contribution is 0.0696. The fourth-order valence-corrected chi connectivity index (χ4v) is 1.52. The van der Waals surface area contributed by atoms with Gasteiger partial charge < -0.3 is 20.4 Å². The van der Waals surface area contributed by atoms with Crippen LogP contribution in [0.2, 0.25) is 0 Å². The molecule has 7 nitrogen and oxygen atoms in total. The number of phenols is 1. The molecule has 106 valence electrons. The average molecular weight is 277 g/mol. The second kappa shape index (κ2) is 6.43. The van der Waals surface area contributed by atoms with Gasteiger partial charge in [-0.2, -0.15) is 5.26 Å². The van der Waals surface area contributed by atoms with E-state index in [9.17, 15) is 14.7 Å². The minimum Gasteiger partial charge on any atom is -0.506 e. The number of urea groups is 1. The highest BCUT2D eigenvalue weighted by Crippen LogP contribution is 2.24. The van der Waals surface area contributed by atoms with Crippen LogP contribution in [0.5, 0.6) is 5.75 Å². The minimum atomic E-state index is -1.17. The monoisotopic (exact) mass is 277 g/mol. The predicted molar refractivity (Wildman–Crippen MR) is 71.5 cm³/mol. The van der Waals surface area contributed by atoms with Gasteiger partial charge in [0, 0.05) is 13.6 Å². The van der Waals surface area contributed by atoms with Crippen molar-refractivity contribution in [3.8, 4) is 11.8 Å². The van der Waals surface area contributed by atoms with Crippen LogP contribution in [0.4, 0.5) is 10.5 Å². The van der Waals surface area contributed by atoms with Crippen molar-refractivity contribution in [3.63, 3.8) is 0 Å². The molecule has 1 atom stereocenters. The zero-order valence-corrected chi connectivity index (χ0v) is 11.1. The molecule has 20 heavy (non-hydrogen) atoms. The van der Waals surface area contributed by atoms with Gasteiger partial charge in [0.1, 0.15) is 5.75 Å². The summed E-state index contributed by atoms with van der Waals surface area (Å²) >= 11 is 0. The molecule has 1 aromatic carbocycles. The zero-order valence-electron chi connectivity index (χ0n) is 11.1. The largest absolute Gasteiger partial charge is 0.506 e. The Labute approximate surface area is 116 Å². The number of carboxylic acids is 1. The summed E-state index contributed by atoms with van der Waals surface area (Å²) in [6.07, 6.45) is 0. The van der Waals surface area contributed by atoms with Crippen molar-refractivity contribution in [2.24, 2.45) is 5.92 Å². The van der Waals surface area contributed by atoms with Gasteiger partial charge in [-0.25, -0.2) is 9.59 Å². The number of hydrogen-bond donors (Lipinski definition) is 3. The molecule has 0 aliphatic carbocycles. The van der Waals surface area contributed by atoms with Gasteiger partial charge in [0.25, 0.3) is 0 Å². The van der Waals surface area contributed by atoms with Crippen LogP contribution in [0.3, 0.4) is 0 Å². The van der Waals surface area contributed by atoms with Crippen molar-refractivity contribution < 1.29 is 19.8 Å². The van der Waals surface area contributed by atoms with Gasteiger partial charge in [0.15, 0.2) is 0 Å². The SMILES string of the molecule is CC(C#N)CN(C)C(=O)Nc1ccc(C(=O)O)cc1O. The lowest BCUT2D eigenvalue weighted by Gasteiger charge is -2.19. The number of phenolic OH excluding ortho intramolecular Hbond substituents is 1. The first kappa shape index (κ1) is 15.3. The Bertz CT molecular complexity index is 565. The maximum absolute atomic E-state index is 11.8. The van der Waals surface area contributed by atoms with Crippen LogP contribution in [0, 0.1) is 17.2 Å². The molecule has 0 aliphatic heterocycles. The number of aromatic carboxylic acids is 1. The van der Waals surface area contributed by atoms with Gasteiger partial charge in [-0.3, -0.25) is 0 Å². The molecule has 1 unspecified atom stereocenters. The fourth-order valence-electron chi connectivity index (χ4n) is 1.52. The Morgan fingerprint density at radius 1 is 1.50 bits per heavy atom. The zero-order chi connectivity index (χ0) is 15.3. The van der Waals surface area contributed by atoms with E-state index >= 15 is 0 Å². The number of carbonyl (C=O) groups is 2. The maximum Gasteiger partial charge on any atom is 0.335 e. The summed E-state index contributed by atoms with van der Waals surface area (Å²) in [7, 11) is 1.52. The van der Waals surface area contributed by atoms with Gasteiger partial charge in [-0.05, 0) is 25.1 Å².